The van der Waals surface area contributed by atoms with E-state index >= 15 is 0 Å². The maximum atomic E-state index is 12.1. The molecule has 0 bridgehead atoms. The first kappa shape index (κ1) is 29.0. The predicted molar refractivity (Wildman–Crippen MR) is 137 cm³/mol. The van der Waals surface area contributed by atoms with Crippen LogP contribution in [0.1, 0.15) is 20.8 Å². The summed E-state index contributed by atoms with van der Waals surface area (Å²) in [7, 11) is -11.0. The van der Waals surface area contributed by atoms with Gasteiger partial charge in [-0.05, 0) is 20.9 Å². The van der Waals surface area contributed by atoms with E-state index in [4.69, 9.17) is 18.3 Å². The van der Waals surface area contributed by atoms with Gasteiger partial charge >= 0.3 is 0 Å². The molecule has 0 unspecified atom stereocenters. The lowest BCUT2D eigenvalue weighted by Crippen LogP contribution is -2.67. The van der Waals surface area contributed by atoms with Crippen LogP contribution in [0, 0.1) is 0 Å². The van der Waals surface area contributed by atoms with Gasteiger partial charge < -0.3 is 4.43 Å². The van der Waals surface area contributed by atoms with Crippen molar-refractivity contribution in [3.8, 4) is 0 Å². The summed E-state index contributed by atoms with van der Waals surface area (Å²) in [4.78, 5) is 2.73. The lowest BCUT2D eigenvalue weighted by molar-refractivity contribution is 0.0905. The molecule has 0 radical (unpaired) electrons. The van der Waals surface area contributed by atoms with Crippen molar-refractivity contribution in [3.63, 3.8) is 0 Å². The molecule has 0 aliphatic heterocycles. The Hall–Kier alpha value is -2.25. The van der Waals surface area contributed by atoms with Crippen LogP contribution in [0.2, 0.25) is 5.04 Å². The van der Waals surface area contributed by atoms with E-state index in [0.717, 1.165) is 22.9 Å². The van der Waals surface area contributed by atoms with Crippen molar-refractivity contribution in [2.24, 2.45) is 5.11 Å². The Morgan fingerprint density at radius 1 is 0.886 bits per heavy atom. The lowest BCUT2D eigenvalue weighted by atomic mass is 10.2. The van der Waals surface area contributed by atoms with Gasteiger partial charge in [0, 0.05) is 4.91 Å². The van der Waals surface area contributed by atoms with Crippen molar-refractivity contribution in [3.05, 3.63) is 71.1 Å². The van der Waals surface area contributed by atoms with Crippen LogP contribution >= 0.6 is 0 Å². The van der Waals surface area contributed by atoms with Gasteiger partial charge in [-0.1, -0.05) is 86.5 Å². The second kappa shape index (κ2) is 11.7. The minimum atomic E-state index is -4.03. The van der Waals surface area contributed by atoms with Crippen molar-refractivity contribution in [2.75, 3.05) is 25.7 Å². The molecule has 0 saturated heterocycles. The Morgan fingerprint density at radius 2 is 1.37 bits per heavy atom. The Kier molecular flexibility index (Phi) is 9.65. The minimum Gasteiger partial charge on any atom is -0.405 e. The van der Waals surface area contributed by atoms with Crippen molar-refractivity contribution in [1.29, 1.82) is 0 Å². The van der Waals surface area contributed by atoms with Gasteiger partial charge in [-0.3, -0.25) is 8.37 Å². The zero-order valence-electron chi connectivity index (χ0n) is 20.4. The molecule has 192 valence electrons. The third-order valence-electron chi connectivity index (χ3n) is 5.26. The Labute approximate surface area is 208 Å². The highest BCUT2D eigenvalue weighted by Gasteiger charge is 2.50. The molecule has 10 nitrogen and oxygen atoms in total. The molecule has 0 amide bonds. The molecule has 0 saturated carbocycles. The van der Waals surface area contributed by atoms with Crippen molar-refractivity contribution in [1.82, 2.24) is 0 Å². The molecule has 2 rings (SSSR count). The van der Waals surface area contributed by atoms with Gasteiger partial charge in [0.15, 0.2) is 0 Å². The molecule has 0 aromatic heterocycles. The second-order valence-corrected chi connectivity index (χ2v) is 16.6. The number of azide groups is 1. The van der Waals surface area contributed by atoms with Gasteiger partial charge in [-0.15, -0.1) is 0 Å². The fourth-order valence-corrected chi connectivity index (χ4v) is 9.46. The first-order valence-corrected chi connectivity index (χ1v) is 16.3. The Morgan fingerprint density at radius 3 is 1.74 bits per heavy atom. The first-order valence-electron chi connectivity index (χ1n) is 10.7. The molecule has 2 atom stereocenters. The molecule has 2 aromatic carbocycles. The maximum absolute atomic E-state index is 12.1. The van der Waals surface area contributed by atoms with E-state index in [1.165, 1.54) is 0 Å². The summed E-state index contributed by atoms with van der Waals surface area (Å²) in [6.45, 7) is 5.24. The summed E-state index contributed by atoms with van der Waals surface area (Å²) in [5.74, 6) is 0. The highest BCUT2D eigenvalue weighted by atomic mass is 32.2. The molecule has 13 heteroatoms. The monoisotopic (exact) mass is 541 g/mol. The SMILES string of the molecule is CC(C)(C)[Si](OC[C@H](OS(C)(=O)=O)[C@@H](COS(C)(=O)=O)N=[N+]=[N-])(c1ccccc1)c1ccccc1. The van der Waals surface area contributed by atoms with E-state index < -0.39 is 52.3 Å². The van der Waals surface area contributed by atoms with Gasteiger partial charge in [-0.2, -0.15) is 16.8 Å². The van der Waals surface area contributed by atoms with Crippen LogP contribution in [0.15, 0.2) is 65.8 Å². The van der Waals surface area contributed by atoms with E-state index in [2.05, 4.69) is 10.0 Å². The molecule has 2 aromatic rings. The molecule has 0 fully saturated rings. The third-order valence-corrected chi connectivity index (χ3v) is 11.4. The average molecular weight is 542 g/mol. The fourth-order valence-electron chi connectivity index (χ4n) is 3.87. The summed E-state index contributed by atoms with van der Waals surface area (Å²) in [6, 6.07) is 18.0. The number of hydrogen-bond acceptors (Lipinski definition) is 8. The van der Waals surface area contributed by atoms with E-state index in [-0.39, 0.29) is 6.61 Å². The minimum absolute atomic E-state index is 0.294. The molecule has 0 aliphatic rings. The fraction of sp³-hybridized carbons (Fsp3) is 0.455. The second-order valence-electron chi connectivity index (χ2n) is 9.07. The van der Waals surface area contributed by atoms with E-state index in [1.54, 1.807) is 0 Å². The van der Waals surface area contributed by atoms with Crippen LogP contribution < -0.4 is 10.4 Å². The summed E-state index contributed by atoms with van der Waals surface area (Å²) in [6.07, 6.45) is 0.364. The summed E-state index contributed by atoms with van der Waals surface area (Å²) in [5.41, 5.74) is 9.04. The number of nitrogens with zero attached hydrogens (tertiary/aromatic N) is 3. The van der Waals surface area contributed by atoms with E-state index in [1.807, 2.05) is 81.4 Å². The van der Waals surface area contributed by atoms with E-state index in [0.29, 0.717) is 0 Å². The van der Waals surface area contributed by atoms with Crippen LogP contribution in [0.4, 0.5) is 0 Å². The first-order chi connectivity index (χ1) is 16.2. The normalized spacial score (nSPS) is 14.7. The van der Waals surface area contributed by atoms with Crippen molar-refractivity contribution < 1.29 is 29.6 Å². The van der Waals surface area contributed by atoms with E-state index in [9.17, 15) is 16.8 Å². The average Bonchev–Trinajstić information content (AvgIpc) is 2.75. The van der Waals surface area contributed by atoms with Crippen LogP contribution in [-0.4, -0.2) is 63.0 Å². The summed E-state index contributed by atoms with van der Waals surface area (Å²) >= 11 is 0. The summed E-state index contributed by atoms with van der Waals surface area (Å²) in [5, 5.41) is 5.04. The molecule has 0 N–H and O–H groups in total. The highest BCUT2D eigenvalue weighted by Crippen LogP contribution is 2.37. The molecule has 0 aliphatic carbocycles. The number of benzene rings is 2. The highest BCUT2D eigenvalue weighted by molar-refractivity contribution is 7.86. The van der Waals surface area contributed by atoms with Gasteiger partial charge in [0.2, 0.25) is 0 Å². The molecule has 0 spiro atoms. The maximum Gasteiger partial charge on any atom is 0.264 e. The molecular weight excluding hydrogens is 510 g/mol. The van der Waals surface area contributed by atoms with Crippen LogP contribution in [-0.2, 0) is 33.0 Å². The lowest BCUT2D eigenvalue weighted by Gasteiger charge is -2.43. The van der Waals surface area contributed by atoms with Gasteiger partial charge in [-0.25, -0.2) is 0 Å². The van der Waals surface area contributed by atoms with Crippen molar-refractivity contribution >= 4 is 38.9 Å². The standard InChI is InChI=1S/C22H31N3O7S2Si/c1-22(2,3)35(18-12-8-6-9-13-18,19-14-10-7-11-15-19)31-17-21(32-34(5,28)29)20(24-25-23)16-30-33(4,26)27/h6-15,20-21H,16-17H2,1-5H3/t20-,21+/m1/s1. The summed E-state index contributed by atoms with van der Waals surface area (Å²) < 4.78 is 63.9. The molecule has 35 heavy (non-hydrogen) atoms. The Balaban J connectivity index is 2.60. The van der Waals surface area contributed by atoms with Gasteiger partial charge in [0.25, 0.3) is 28.6 Å². The zero-order chi connectivity index (χ0) is 26.3. The van der Waals surface area contributed by atoms with Gasteiger partial charge in [0.1, 0.15) is 6.10 Å². The smallest absolute Gasteiger partial charge is 0.264 e. The number of rotatable bonds is 12. The number of hydrogen-bond donors (Lipinski definition) is 0. The quantitative estimate of drug-likeness (QED) is 0.132. The molecule has 0 heterocycles. The van der Waals surface area contributed by atoms with Gasteiger partial charge in [0.05, 0.1) is 31.8 Å². The third kappa shape index (κ3) is 8.14. The molecular formula is C22H31N3O7S2Si. The van der Waals surface area contributed by atoms with Crippen LogP contribution in [0.25, 0.3) is 10.4 Å². The van der Waals surface area contributed by atoms with Crippen molar-refractivity contribution in [2.45, 2.75) is 38.0 Å². The topological polar surface area (TPSA) is 145 Å². The zero-order valence-corrected chi connectivity index (χ0v) is 23.0. The Bertz CT molecular complexity index is 1190. The van der Waals surface area contributed by atoms with Crippen LogP contribution in [0.5, 0.6) is 0 Å². The largest absolute Gasteiger partial charge is 0.405 e. The predicted octanol–water partition coefficient (Wildman–Crippen LogP) is 2.56. The van der Waals surface area contributed by atoms with Crippen LogP contribution in [0.3, 0.4) is 0 Å².